The zero-order chi connectivity index (χ0) is 48.8. The first-order valence-corrected chi connectivity index (χ1v) is 29.4. The Kier molecular flexibility index (Phi) is 53.0. The highest BCUT2D eigenvalue weighted by Gasteiger charge is 2.24. The molecule has 0 aromatic heterocycles. The van der Waals surface area contributed by atoms with Gasteiger partial charge in [0.1, 0.15) is 6.10 Å². The third-order valence-corrected chi connectivity index (χ3v) is 13.4. The highest BCUT2D eigenvalue weighted by Crippen LogP contribution is 2.18. The van der Waals surface area contributed by atoms with Crippen LogP contribution in [0.3, 0.4) is 0 Å². The first kappa shape index (κ1) is 64.8. The van der Waals surface area contributed by atoms with E-state index in [2.05, 4.69) is 74.7 Å². The fourth-order valence-electron chi connectivity index (χ4n) is 8.93. The van der Waals surface area contributed by atoms with Crippen molar-refractivity contribution in [3.63, 3.8) is 0 Å². The number of aliphatic hydroxyl groups excluding tert-OH is 2. The van der Waals surface area contributed by atoms with Gasteiger partial charge < -0.3 is 20.3 Å². The molecule has 0 fully saturated rings. The van der Waals surface area contributed by atoms with Gasteiger partial charge in [-0.1, -0.05) is 262 Å². The summed E-state index contributed by atoms with van der Waals surface area (Å²) in [5.41, 5.74) is 0. The number of esters is 1. The number of carbonyl (C=O) groups is 2. The Labute approximate surface area is 416 Å². The number of unbranched alkanes of at least 4 members (excludes halogenated alkanes) is 34. The largest absolute Gasteiger partial charge is 0.462 e. The van der Waals surface area contributed by atoms with Gasteiger partial charge in [-0.05, 0) is 77.0 Å². The Morgan fingerprint density at radius 2 is 0.821 bits per heavy atom. The van der Waals surface area contributed by atoms with Crippen LogP contribution in [-0.4, -0.2) is 46.9 Å². The Morgan fingerprint density at radius 3 is 1.28 bits per heavy atom. The number of hydrogen-bond donors (Lipinski definition) is 3. The normalized spacial score (nSPS) is 13.4. The molecule has 0 bridgehead atoms. The molecule has 0 rings (SSSR count). The van der Waals surface area contributed by atoms with E-state index in [1.165, 1.54) is 193 Å². The van der Waals surface area contributed by atoms with Gasteiger partial charge in [0.2, 0.25) is 5.91 Å². The lowest BCUT2D eigenvalue weighted by Gasteiger charge is -2.24. The molecule has 0 heterocycles. The lowest BCUT2D eigenvalue weighted by atomic mass is 10.0. The molecule has 67 heavy (non-hydrogen) atoms. The smallest absolute Gasteiger partial charge is 0.306 e. The Hall–Kier alpha value is -2.18. The standard InChI is InChI=1S/C61H113NO5/c1-4-7-10-13-16-19-22-25-28-29-30-31-33-36-39-42-45-48-51-54-61(66)67-57(52-49-46-43-40-37-34-27-24-21-18-15-12-9-6-3)55-60(65)62-58(56-63)59(64)53-50-47-44-41-38-35-32-26-23-20-17-14-11-8-5-2/h16,19,25,28,34,37,40,43,57-59,63-64H,4-15,17-18,20-24,26-27,29-33,35-36,38-39,41-42,44-56H2,1-3H3,(H,62,65)/b19-16-,28-25-,37-34+,43-40+. The zero-order valence-corrected chi connectivity index (χ0v) is 44.8. The summed E-state index contributed by atoms with van der Waals surface area (Å²) in [7, 11) is 0. The van der Waals surface area contributed by atoms with Crippen LogP contribution in [0.4, 0.5) is 0 Å². The number of allylic oxidation sites excluding steroid dienone is 8. The van der Waals surface area contributed by atoms with E-state index in [-0.39, 0.29) is 24.9 Å². The van der Waals surface area contributed by atoms with E-state index in [1.54, 1.807) is 0 Å². The summed E-state index contributed by atoms with van der Waals surface area (Å²) < 4.78 is 5.94. The monoisotopic (exact) mass is 940 g/mol. The maximum atomic E-state index is 13.3. The second-order valence-corrected chi connectivity index (χ2v) is 20.1. The molecule has 0 aliphatic heterocycles. The van der Waals surface area contributed by atoms with Crippen LogP contribution in [0.15, 0.2) is 48.6 Å². The number of rotatable bonds is 53. The van der Waals surface area contributed by atoms with E-state index in [0.29, 0.717) is 19.3 Å². The molecular weight excluding hydrogens is 827 g/mol. The number of hydrogen-bond acceptors (Lipinski definition) is 5. The van der Waals surface area contributed by atoms with Crippen LogP contribution in [0.25, 0.3) is 0 Å². The Morgan fingerprint density at radius 1 is 0.448 bits per heavy atom. The average molecular weight is 941 g/mol. The van der Waals surface area contributed by atoms with Crippen molar-refractivity contribution >= 4 is 11.9 Å². The van der Waals surface area contributed by atoms with Gasteiger partial charge in [-0.15, -0.1) is 0 Å². The second kappa shape index (κ2) is 54.8. The fourth-order valence-corrected chi connectivity index (χ4v) is 8.93. The van der Waals surface area contributed by atoms with Crippen LogP contribution < -0.4 is 5.32 Å². The number of nitrogens with one attached hydrogen (secondary N) is 1. The van der Waals surface area contributed by atoms with Gasteiger partial charge in [-0.3, -0.25) is 9.59 Å². The van der Waals surface area contributed by atoms with Crippen molar-refractivity contribution in [2.24, 2.45) is 0 Å². The van der Waals surface area contributed by atoms with Crippen LogP contribution in [-0.2, 0) is 14.3 Å². The maximum absolute atomic E-state index is 13.3. The van der Waals surface area contributed by atoms with Crippen molar-refractivity contribution in [1.82, 2.24) is 5.32 Å². The minimum absolute atomic E-state index is 0.0444. The zero-order valence-electron chi connectivity index (χ0n) is 44.8. The summed E-state index contributed by atoms with van der Waals surface area (Å²) in [6.45, 7) is 6.47. The average Bonchev–Trinajstić information content (AvgIpc) is 3.32. The first-order chi connectivity index (χ1) is 33.0. The van der Waals surface area contributed by atoms with Crippen LogP contribution in [0.5, 0.6) is 0 Å². The number of amides is 1. The van der Waals surface area contributed by atoms with Gasteiger partial charge >= 0.3 is 5.97 Å². The van der Waals surface area contributed by atoms with Gasteiger partial charge in [0.05, 0.1) is 25.2 Å². The molecule has 0 spiro atoms. The molecule has 1 amide bonds. The van der Waals surface area contributed by atoms with E-state index >= 15 is 0 Å². The molecule has 0 aliphatic rings. The SMILES string of the molecule is CCCCC/C=C\C/C=C\CCCCCCCCCCCC(=O)OC(CCC/C=C/C=C/CCCCCCCCC)CC(=O)NC(CO)C(O)CCCCCCCCCCCCCCCCC. The highest BCUT2D eigenvalue weighted by atomic mass is 16.5. The van der Waals surface area contributed by atoms with Crippen molar-refractivity contribution in [2.45, 2.75) is 322 Å². The molecule has 3 N–H and O–H groups in total. The molecule has 0 aromatic rings. The minimum atomic E-state index is -0.800. The van der Waals surface area contributed by atoms with Crippen molar-refractivity contribution in [3.05, 3.63) is 48.6 Å². The van der Waals surface area contributed by atoms with Gasteiger partial charge in [0, 0.05) is 6.42 Å². The van der Waals surface area contributed by atoms with Gasteiger partial charge in [0.15, 0.2) is 0 Å². The lowest BCUT2D eigenvalue weighted by Crippen LogP contribution is -2.46. The molecule has 0 radical (unpaired) electrons. The van der Waals surface area contributed by atoms with E-state index in [9.17, 15) is 19.8 Å². The van der Waals surface area contributed by atoms with Gasteiger partial charge in [-0.25, -0.2) is 0 Å². The fraction of sp³-hybridized carbons (Fsp3) is 0.836. The topological polar surface area (TPSA) is 95.9 Å². The van der Waals surface area contributed by atoms with Crippen molar-refractivity contribution in [1.29, 1.82) is 0 Å². The minimum Gasteiger partial charge on any atom is -0.462 e. The molecule has 0 saturated heterocycles. The molecular formula is C61H113NO5. The van der Waals surface area contributed by atoms with Crippen LogP contribution in [0.2, 0.25) is 0 Å². The highest BCUT2D eigenvalue weighted by molar-refractivity contribution is 5.77. The summed E-state index contributed by atoms with van der Waals surface area (Å²) >= 11 is 0. The van der Waals surface area contributed by atoms with E-state index in [0.717, 1.165) is 64.2 Å². The molecule has 3 unspecified atom stereocenters. The van der Waals surface area contributed by atoms with E-state index in [1.807, 2.05) is 0 Å². The van der Waals surface area contributed by atoms with E-state index < -0.39 is 18.2 Å². The molecule has 6 heteroatoms. The quantitative estimate of drug-likeness (QED) is 0.0244. The van der Waals surface area contributed by atoms with Crippen LogP contribution >= 0.6 is 0 Å². The Balaban J connectivity index is 4.56. The van der Waals surface area contributed by atoms with Gasteiger partial charge in [-0.2, -0.15) is 0 Å². The van der Waals surface area contributed by atoms with Crippen molar-refractivity contribution < 1.29 is 24.5 Å². The molecule has 6 nitrogen and oxygen atoms in total. The summed E-state index contributed by atoms with van der Waals surface area (Å²) in [6, 6.07) is -0.717. The molecule has 3 atom stereocenters. The second-order valence-electron chi connectivity index (χ2n) is 20.1. The van der Waals surface area contributed by atoms with E-state index in [4.69, 9.17) is 4.74 Å². The first-order valence-electron chi connectivity index (χ1n) is 29.4. The number of ether oxygens (including phenoxy) is 1. The van der Waals surface area contributed by atoms with Crippen molar-refractivity contribution in [2.75, 3.05) is 6.61 Å². The Bertz CT molecular complexity index is 1150. The molecule has 0 aromatic carbocycles. The maximum Gasteiger partial charge on any atom is 0.306 e. The predicted molar refractivity (Wildman–Crippen MR) is 292 cm³/mol. The lowest BCUT2D eigenvalue weighted by molar-refractivity contribution is -0.151. The van der Waals surface area contributed by atoms with Gasteiger partial charge in [0.25, 0.3) is 0 Å². The molecule has 0 aliphatic carbocycles. The van der Waals surface area contributed by atoms with Crippen LogP contribution in [0, 0.1) is 0 Å². The number of carbonyl (C=O) groups excluding carboxylic acids is 2. The summed E-state index contributed by atoms with van der Waals surface area (Å²) in [5, 5.41) is 23.9. The summed E-state index contributed by atoms with van der Waals surface area (Å²) in [4.78, 5) is 26.3. The third-order valence-electron chi connectivity index (χ3n) is 13.4. The third kappa shape index (κ3) is 50.0. The van der Waals surface area contributed by atoms with Crippen LogP contribution in [0.1, 0.15) is 303 Å². The molecule has 0 saturated carbocycles. The predicted octanol–water partition coefficient (Wildman–Crippen LogP) is 18.2. The molecule has 392 valence electrons. The summed E-state index contributed by atoms with van der Waals surface area (Å²) in [6.07, 6.45) is 67.5. The summed E-state index contributed by atoms with van der Waals surface area (Å²) in [5.74, 6) is -0.515. The number of aliphatic hydroxyl groups is 2. The van der Waals surface area contributed by atoms with Crippen molar-refractivity contribution in [3.8, 4) is 0 Å².